The zero-order valence-corrected chi connectivity index (χ0v) is 12.2. The van der Waals surface area contributed by atoms with E-state index in [9.17, 15) is 9.18 Å². The van der Waals surface area contributed by atoms with Gasteiger partial charge in [-0.3, -0.25) is 4.79 Å². The van der Waals surface area contributed by atoms with Crippen molar-refractivity contribution < 1.29 is 13.9 Å². The molecule has 1 atom stereocenters. The van der Waals surface area contributed by atoms with Crippen molar-refractivity contribution in [2.75, 3.05) is 5.32 Å². The fourth-order valence-electron chi connectivity index (χ4n) is 1.80. The van der Waals surface area contributed by atoms with Gasteiger partial charge in [0.25, 0.3) is 5.91 Å². The van der Waals surface area contributed by atoms with Crippen molar-refractivity contribution in [3.63, 3.8) is 0 Å². The van der Waals surface area contributed by atoms with Crippen molar-refractivity contribution in [1.82, 2.24) is 0 Å². The van der Waals surface area contributed by atoms with E-state index < -0.39 is 17.8 Å². The van der Waals surface area contributed by atoms with Crippen LogP contribution in [0.2, 0.25) is 5.02 Å². The zero-order valence-electron chi connectivity index (χ0n) is 11.5. The lowest BCUT2D eigenvalue weighted by Gasteiger charge is -2.17. The fraction of sp³-hybridized carbons (Fsp3) is 0.188. The Balaban J connectivity index is 2.08. The summed E-state index contributed by atoms with van der Waals surface area (Å²) >= 11 is 5.68. The van der Waals surface area contributed by atoms with Crippen molar-refractivity contribution in [3.8, 4) is 5.75 Å². The minimum absolute atomic E-state index is 0.0372. The third kappa shape index (κ3) is 3.95. The van der Waals surface area contributed by atoms with E-state index in [2.05, 4.69) is 5.32 Å². The Bertz CT molecular complexity index is 619. The molecule has 0 saturated heterocycles. The van der Waals surface area contributed by atoms with Crippen molar-refractivity contribution in [2.24, 2.45) is 0 Å². The first-order valence-electron chi connectivity index (χ1n) is 6.58. The van der Waals surface area contributed by atoms with Crippen LogP contribution in [-0.4, -0.2) is 12.0 Å². The summed E-state index contributed by atoms with van der Waals surface area (Å²) in [6.07, 6.45) is -0.242. The number of anilines is 1. The molecule has 3 nitrogen and oxygen atoms in total. The van der Waals surface area contributed by atoms with Crippen molar-refractivity contribution in [2.45, 2.75) is 19.4 Å². The highest BCUT2D eigenvalue weighted by Gasteiger charge is 2.20. The second-order valence-electron chi connectivity index (χ2n) is 4.42. The molecule has 1 N–H and O–H groups in total. The molecule has 0 aliphatic rings. The van der Waals surface area contributed by atoms with Crippen LogP contribution in [0.3, 0.4) is 0 Å². The van der Waals surface area contributed by atoms with E-state index in [0.717, 1.165) is 0 Å². The van der Waals surface area contributed by atoms with Crippen LogP contribution < -0.4 is 10.1 Å². The Kier molecular flexibility index (Phi) is 5.17. The van der Waals surface area contributed by atoms with Crippen LogP contribution in [0.5, 0.6) is 5.75 Å². The Morgan fingerprint density at radius 1 is 1.24 bits per heavy atom. The summed E-state index contributed by atoms with van der Waals surface area (Å²) in [5.74, 6) is -0.476. The second-order valence-corrected chi connectivity index (χ2v) is 4.83. The van der Waals surface area contributed by atoms with Gasteiger partial charge in [-0.2, -0.15) is 0 Å². The van der Waals surface area contributed by atoms with Crippen LogP contribution in [0.4, 0.5) is 10.1 Å². The first-order chi connectivity index (χ1) is 10.1. The number of ether oxygens (including phenoxy) is 1. The number of hydrogen-bond acceptors (Lipinski definition) is 2. The number of hydrogen-bond donors (Lipinski definition) is 1. The van der Waals surface area contributed by atoms with E-state index in [4.69, 9.17) is 16.3 Å². The third-order valence-electron chi connectivity index (χ3n) is 2.89. The summed E-state index contributed by atoms with van der Waals surface area (Å²) in [6, 6.07) is 13.5. The number of amides is 1. The molecule has 2 rings (SSSR count). The molecular weight excluding hydrogens is 293 g/mol. The topological polar surface area (TPSA) is 38.3 Å². The minimum Gasteiger partial charge on any atom is -0.481 e. The van der Waals surface area contributed by atoms with E-state index in [-0.39, 0.29) is 10.7 Å². The number of halogens is 2. The summed E-state index contributed by atoms with van der Waals surface area (Å²) in [4.78, 5) is 12.2. The smallest absolute Gasteiger partial charge is 0.265 e. The highest BCUT2D eigenvalue weighted by molar-refractivity contribution is 6.31. The van der Waals surface area contributed by atoms with Crippen molar-refractivity contribution in [3.05, 3.63) is 59.4 Å². The largest absolute Gasteiger partial charge is 0.481 e. The number of nitrogens with one attached hydrogen (secondary N) is 1. The molecule has 0 radical (unpaired) electrons. The number of carbonyl (C=O) groups excluding carboxylic acids is 1. The highest BCUT2D eigenvalue weighted by Crippen LogP contribution is 2.22. The highest BCUT2D eigenvalue weighted by atomic mass is 35.5. The lowest BCUT2D eigenvalue weighted by molar-refractivity contribution is -0.122. The predicted octanol–water partition coefficient (Wildman–Crippen LogP) is 4.28. The summed E-state index contributed by atoms with van der Waals surface area (Å²) in [5.41, 5.74) is 0.0441. The first-order valence-corrected chi connectivity index (χ1v) is 6.96. The lowest BCUT2D eigenvalue weighted by Crippen LogP contribution is -2.32. The van der Waals surface area contributed by atoms with Gasteiger partial charge in [-0.25, -0.2) is 4.39 Å². The average molecular weight is 308 g/mol. The molecule has 2 aromatic rings. The summed E-state index contributed by atoms with van der Waals surface area (Å²) < 4.78 is 19.4. The van der Waals surface area contributed by atoms with E-state index >= 15 is 0 Å². The van der Waals surface area contributed by atoms with Gasteiger partial charge >= 0.3 is 0 Å². The standard InChI is InChI=1S/C16H15ClFNO2/c1-2-14(21-11-7-4-3-5-8-11)16(20)19-13-10-6-9-12(17)15(13)18/h3-10,14H,2H2,1H3,(H,19,20). The van der Waals surface area contributed by atoms with Gasteiger partial charge in [0, 0.05) is 0 Å². The summed E-state index contributed by atoms with van der Waals surface area (Å²) in [6.45, 7) is 1.82. The van der Waals surface area contributed by atoms with Crippen molar-refractivity contribution >= 4 is 23.2 Å². The Morgan fingerprint density at radius 3 is 2.62 bits per heavy atom. The van der Waals surface area contributed by atoms with Gasteiger partial charge in [-0.15, -0.1) is 0 Å². The second kappa shape index (κ2) is 7.09. The molecule has 2 aromatic carbocycles. The molecule has 0 bridgehead atoms. The first kappa shape index (κ1) is 15.3. The Labute approximate surface area is 127 Å². The maximum absolute atomic E-state index is 13.8. The maximum Gasteiger partial charge on any atom is 0.265 e. The average Bonchev–Trinajstić information content (AvgIpc) is 2.50. The van der Waals surface area contributed by atoms with E-state index in [1.807, 2.05) is 25.1 Å². The van der Waals surface area contributed by atoms with Gasteiger partial charge in [0.1, 0.15) is 5.75 Å². The molecule has 0 aromatic heterocycles. The normalized spacial score (nSPS) is 11.8. The molecule has 5 heteroatoms. The lowest BCUT2D eigenvalue weighted by atomic mass is 10.2. The monoisotopic (exact) mass is 307 g/mol. The fourth-order valence-corrected chi connectivity index (χ4v) is 1.97. The van der Waals surface area contributed by atoms with Gasteiger partial charge in [0.2, 0.25) is 0 Å². The van der Waals surface area contributed by atoms with Crippen LogP contribution in [0.1, 0.15) is 13.3 Å². The molecule has 0 spiro atoms. The van der Waals surface area contributed by atoms with Crippen LogP contribution in [0.25, 0.3) is 0 Å². The zero-order chi connectivity index (χ0) is 15.2. The number of rotatable bonds is 5. The third-order valence-corrected chi connectivity index (χ3v) is 3.19. The van der Waals surface area contributed by atoms with Crippen LogP contribution in [0.15, 0.2) is 48.5 Å². The summed E-state index contributed by atoms with van der Waals surface area (Å²) in [5, 5.41) is 2.46. The minimum atomic E-state index is -0.703. The molecule has 0 heterocycles. The van der Waals surface area contributed by atoms with Gasteiger partial charge in [-0.05, 0) is 30.7 Å². The molecular formula is C16H15ClFNO2. The molecule has 1 unspecified atom stereocenters. The Hall–Kier alpha value is -2.07. The molecule has 0 fully saturated rings. The van der Waals surface area contributed by atoms with Gasteiger partial charge in [0.15, 0.2) is 11.9 Å². The SMILES string of the molecule is CCC(Oc1ccccc1)C(=O)Nc1cccc(Cl)c1F. The van der Waals surface area contributed by atoms with E-state index in [1.54, 1.807) is 18.2 Å². The number of para-hydroxylation sites is 1. The summed E-state index contributed by atoms with van der Waals surface area (Å²) in [7, 11) is 0. The molecule has 110 valence electrons. The van der Waals surface area contributed by atoms with Crippen molar-refractivity contribution in [1.29, 1.82) is 0 Å². The molecule has 0 saturated carbocycles. The molecule has 0 aliphatic heterocycles. The quantitative estimate of drug-likeness (QED) is 0.895. The number of benzene rings is 2. The molecule has 0 aliphatic carbocycles. The maximum atomic E-state index is 13.8. The van der Waals surface area contributed by atoms with Gasteiger partial charge < -0.3 is 10.1 Å². The number of carbonyl (C=O) groups is 1. The molecule has 21 heavy (non-hydrogen) atoms. The van der Waals surface area contributed by atoms with E-state index in [0.29, 0.717) is 12.2 Å². The van der Waals surface area contributed by atoms with E-state index in [1.165, 1.54) is 12.1 Å². The van der Waals surface area contributed by atoms with Gasteiger partial charge in [-0.1, -0.05) is 42.8 Å². The van der Waals surface area contributed by atoms with Crippen LogP contribution >= 0.6 is 11.6 Å². The van der Waals surface area contributed by atoms with Crippen LogP contribution in [0, 0.1) is 5.82 Å². The van der Waals surface area contributed by atoms with Crippen LogP contribution in [-0.2, 0) is 4.79 Å². The predicted molar refractivity (Wildman–Crippen MR) is 81.2 cm³/mol. The Morgan fingerprint density at radius 2 is 1.95 bits per heavy atom. The van der Waals surface area contributed by atoms with Gasteiger partial charge in [0.05, 0.1) is 10.7 Å². The molecule has 1 amide bonds.